The Kier molecular flexibility index (Phi) is 18.4. The van der Waals surface area contributed by atoms with Gasteiger partial charge in [-0.3, -0.25) is 0 Å². The zero-order chi connectivity index (χ0) is 14.7. The van der Waals surface area contributed by atoms with Crippen LogP contribution in [0.15, 0.2) is 12.7 Å². The monoisotopic (exact) mass is 281 g/mol. The van der Waals surface area contributed by atoms with Gasteiger partial charge < -0.3 is 5.73 Å². The fraction of sp³-hybridized carbons (Fsp3) is 0.895. The van der Waals surface area contributed by atoms with Crippen LogP contribution in [-0.2, 0) is 0 Å². The van der Waals surface area contributed by atoms with Gasteiger partial charge in [-0.1, -0.05) is 89.5 Å². The Morgan fingerprint density at radius 2 is 0.800 bits per heavy atom. The number of rotatable bonds is 17. The van der Waals surface area contributed by atoms with E-state index in [2.05, 4.69) is 6.58 Å². The van der Waals surface area contributed by atoms with Crippen molar-refractivity contribution in [2.24, 2.45) is 5.73 Å². The van der Waals surface area contributed by atoms with Gasteiger partial charge in [0.1, 0.15) is 0 Å². The number of hydrogen-bond acceptors (Lipinski definition) is 1. The SMILES string of the molecule is C=CCCCCCCCCCCCCCCCCCN. The quantitative estimate of drug-likeness (QED) is 0.243. The summed E-state index contributed by atoms with van der Waals surface area (Å²) in [6.07, 6.45) is 24.4. The largest absolute Gasteiger partial charge is 0.330 e. The van der Waals surface area contributed by atoms with E-state index >= 15 is 0 Å². The normalized spacial score (nSPS) is 10.8. The summed E-state index contributed by atoms with van der Waals surface area (Å²) in [4.78, 5) is 0. The van der Waals surface area contributed by atoms with Crippen molar-refractivity contribution < 1.29 is 0 Å². The molecule has 0 heterocycles. The number of hydrogen-bond donors (Lipinski definition) is 1. The molecular weight excluding hydrogens is 242 g/mol. The Labute approximate surface area is 128 Å². The van der Waals surface area contributed by atoms with Crippen molar-refractivity contribution in [2.45, 2.75) is 103 Å². The van der Waals surface area contributed by atoms with E-state index in [4.69, 9.17) is 5.73 Å². The summed E-state index contributed by atoms with van der Waals surface area (Å²) in [5.74, 6) is 0. The van der Waals surface area contributed by atoms with Crippen LogP contribution in [0.25, 0.3) is 0 Å². The van der Waals surface area contributed by atoms with Crippen LogP contribution in [-0.4, -0.2) is 6.54 Å². The van der Waals surface area contributed by atoms with Gasteiger partial charge in [0.15, 0.2) is 0 Å². The van der Waals surface area contributed by atoms with Crippen LogP contribution in [0.3, 0.4) is 0 Å². The van der Waals surface area contributed by atoms with Crippen molar-refractivity contribution in [2.75, 3.05) is 6.54 Å². The summed E-state index contributed by atoms with van der Waals surface area (Å²) in [6.45, 7) is 4.63. The predicted octanol–water partition coefficient (Wildman–Crippen LogP) is 6.37. The molecule has 0 saturated heterocycles. The molecule has 2 N–H and O–H groups in total. The first-order valence-corrected chi connectivity index (χ1v) is 9.22. The van der Waals surface area contributed by atoms with Crippen LogP contribution >= 0.6 is 0 Å². The average molecular weight is 282 g/mol. The highest BCUT2D eigenvalue weighted by Gasteiger charge is 1.94. The highest BCUT2D eigenvalue weighted by atomic mass is 14.5. The van der Waals surface area contributed by atoms with E-state index in [0.29, 0.717) is 0 Å². The molecule has 0 bridgehead atoms. The number of allylic oxidation sites excluding steroid dienone is 1. The van der Waals surface area contributed by atoms with Gasteiger partial charge in [-0.2, -0.15) is 0 Å². The van der Waals surface area contributed by atoms with E-state index in [-0.39, 0.29) is 0 Å². The Hall–Kier alpha value is -0.300. The standard InChI is InChI=1S/C19H39N/c1-2-3-4-5-6-7-8-9-10-11-12-13-14-15-16-17-18-19-20/h2H,1,3-20H2. The minimum absolute atomic E-state index is 0.869. The molecule has 0 aromatic carbocycles. The van der Waals surface area contributed by atoms with Gasteiger partial charge in [0.2, 0.25) is 0 Å². The zero-order valence-corrected chi connectivity index (χ0v) is 13.9. The minimum atomic E-state index is 0.869. The van der Waals surface area contributed by atoms with Crippen molar-refractivity contribution in [3.8, 4) is 0 Å². The van der Waals surface area contributed by atoms with Crippen LogP contribution < -0.4 is 5.73 Å². The maximum atomic E-state index is 5.49. The average Bonchev–Trinajstić information content (AvgIpc) is 2.47. The van der Waals surface area contributed by atoms with Gasteiger partial charge in [-0.05, 0) is 25.8 Å². The third-order valence-corrected chi connectivity index (χ3v) is 4.11. The Balaban J connectivity index is 2.90. The lowest BCUT2D eigenvalue weighted by Crippen LogP contribution is -1.97. The molecule has 0 unspecified atom stereocenters. The van der Waals surface area contributed by atoms with E-state index in [0.717, 1.165) is 6.54 Å². The molecule has 120 valence electrons. The van der Waals surface area contributed by atoms with E-state index in [1.807, 2.05) is 6.08 Å². The molecule has 0 atom stereocenters. The fourth-order valence-electron chi connectivity index (χ4n) is 2.73. The second-order valence-electron chi connectivity index (χ2n) is 6.17. The molecule has 0 aliphatic heterocycles. The van der Waals surface area contributed by atoms with Crippen molar-refractivity contribution >= 4 is 0 Å². The topological polar surface area (TPSA) is 26.0 Å². The Morgan fingerprint density at radius 3 is 1.10 bits per heavy atom. The second-order valence-corrected chi connectivity index (χ2v) is 6.17. The summed E-state index contributed by atoms with van der Waals surface area (Å²) in [5, 5.41) is 0. The number of unbranched alkanes of at least 4 members (excludes halogenated alkanes) is 15. The summed E-state index contributed by atoms with van der Waals surface area (Å²) in [5.41, 5.74) is 5.49. The van der Waals surface area contributed by atoms with Crippen LogP contribution in [0, 0.1) is 0 Å². The smallest absolute Gasteiger partial charge is 0.00773 e. The molecule has 0 rings (SSSR count). The molecule has 0 aliphatic carbocycles. The molecule has 0 amide bonds. The van der Waals surface area contributed by atoms with Gasteiger partial charge in [0, 0.05) is 0 Å². The van der Waals surface area contributed by atoms with E-state index in [9.17, 15) is 0 Å². The highest BCUT2D eigenvalue weighted by Crippen LogP contribution is 2.13. The molecule has 0 spiro atoms. The zero-order valence-electron chi connectivity index (χ0n) is 13.9. The number of nitrogens with two attached hydrogens (primary N) is 1. The lowest BCUT2D eigenvalue weighted by atomic mass is 10.0. The lowest BCUT2D eigenvalue weighted by molar-refractivity contribution is 0.531. The molecule has 20 heavy (non-hydrogen) atoms. The predicted molar refractivity (Wildman–Crippen MR) is 93.1 cm³/mol. The second kappa shape index (κ2) is 18.7. The molecule has 0 radical (unpaired) electrons. The summed E-state index contributed by atoms with van der Waals surface area (Å²) in [6, 6.07) is 0. The van der Waals surface area contributed by atoms with Gasteiger partial charge in [0.25, 0.3) is 0 Å². The molecule has 0 aromatic heterocycles. The van der Waals surface area contributed by atoms with E-state index in [1.54, 1.807) is 0 Å². The molecular formula is C19H39N. The first-order chi connectivity index (χ1) is 9.91. The minimum Gasteiger partial charge on any atom is -0.330 e. The van der Waals surface area contributed by atoms with Crippen LogP contribution in [0.4, 0.5) is 0 Å². The van der Waals surface area contributed by atoms with Crippen molar-refractivity contribution in [3.63, 3.8) is 0 Å². The lowest BCUT2D eigenvalue weighted by Gasteiger charge is -2.03. The van der Waals surface area contributed by atoms with Crippen molar-refractivity contribution in [1.29, 1.82) is 0 Å². The maximum absolute atomic E-state index is 5.49. The highest BCUT2D eigenvalue weighted by molar-refractivity contribution is 4.65. The van der Waals surface area contributed by atoms with Gasteiger partial charge >= 0.3 is 0 Å². The van der Waals surface area contributed by atoms with Crippen LogP contribution in [0.5, 0.6) is 0 Å². The van der Waals surface area contributed by atoms with Crippen LogP contribution in [0.1, 0.15) is 103 Å². The summed E-state index contributed by atoms with van der Waals surface area (Å²) >= 11 is 0. The Morgan fingerprint density at radius 1 is 0.500 bits per heavy atom. The van der Waals surface area contributed by atoms with E-state index < -0.39 is 0 Å². The van der Waals surface area contributed by atoms with Crippen molar-refractivity contribution in [3.05, 3.63) is 12.7 Å². The third kappa shape index (κ3) is 17.7. The van der Waals surface area contributed by atoms with Gasteiger partial charge in [-0.25, -0.2) is 0 Å². The first kappa shape index (κ1) is 19.7. The third-order valence-electron chi connectivity index (χ3n) is 4.11. The molecule has 0 aliphatic rings. The van der Waals surface area contributed by atoms with Crippen molar-refractivity contribution in [1.82, 2.24) is 0 Å². The molecule has 1 heteroatoms. The molecule has 1 nitrogen and oxygen atoms in total. The summed E-state index contributed by atoms with van der Waals surface area (Å²) < 4.78 is 0. The van der Waals surface area contributed by atoms with E-state index in [1.165, 1.54) is 103 Å². The Bertz CT molecular complexity index is 177. The molecule has 0 aromatic rings. The maximum Gasteiger partial charge on any atom is -0.00773 e. The fourth-order valence-corrected chi connectivity index (χ4v) is 2.73. The summed E-state index contributed by atoms with van der Waals surface area (Å²) in [7, 11) is 0. The first-order valence-electron chi connectivity index (χ1n) is 9.22. The molecule has 0 fully saturated rings. The van der Waals surface area contributed by atoms with Gasteiger partial charge in [0.05, 0.1) is 0 Å². The molecule has 0 saturated carbocycles. The van der Waals surface area contributed by atoms with Gasteiger partial charge in [-0.15, -0.1) is 6.58 Å². The van der Waals surface area contributed by atoms with Crippen LogP contribution in [0.2, 0.25) is 0 Å².